The first-order chi connectivity index (χ1) is 8.00. The van der Waals surface area contributed by atoms with Crippen molar-refractivity contribution in [3.05, 3.63) is 36.2 Å². The van der Waals surface area contributed by atoms with E-state index in [1.807, 2.05) is 38.1 Å². The first-order valence-corrected chi connectivity index (χ1v) is 5.40. The number of benzene rings is 1. The molecule has 2 rings (SSSR count). The van der Waals surface area contributed by atoms with Crippen LogP contribution in [0.3, 0.4) is 0 Å². The van der Waals surface area contributed by atoms with Crippen LogP contribution in [0.2, 0.25) is 0 Å². The van der Waals surface area contributed by atoms with Crippen molar-refractivity contribution in [3.63, 3.8) is 0 Å². The van der Waals surface area contributed by atoms with Gasteiger partial charge in [-0.3, -0.25) is 0 Å². The molecule has 1 heterocycles. The Kier molecular flexibility index (Phi) is 2.90. The van der Waals surface area contributed by atoms with Crippen molar-refractivity contribution in [2.45, 2.75) is 19.4 Å². The summed E-state index contributed by atoms with van der Waals surface area (Å²) in [6.07, 6.45) is 1.67. The third-order valence-electron chi connectivity index (χ3n) is 2.48. The molecule has 0 saturated heterocycles. The SMILES string of the molecule is COc1ccc(-c2ncc(C(C)(C)N)o2)cc1. The largest absolute Gasteiger partial charge is 0.497 e. The van der Waals surface area contributed by atoms with Crippen LogP contribution in [0.15, 0.2) is 34.9 Å². The van der Waals surface area contributed by atoms with Gasteiger partial charge in [-0.1, -0.05) is 0 Å². The topological polar surface area (TPSA) is 61.3 Å². The van der Waals surface area contributed by atoms with Gasteiger partial charge in [0.25, 0.3) is 0 Å². The molecule has 1 aromatic heterocycles. The van der Waals surface area contributed by atoms with E-state index in [0.717, 1.165) is 11.3 Å². The zero-order chi connectivity index (χ0) is 12.5. The maximum atomic E-state index is 5.94. The summed E-state index contributed by atoms with van der Waals surface area (Å²) >= 11 is 0. The number of hydrogen-bond acceptors (Lipinski definition) is 4. The Morgan fingerprint density at radius 1 is 1.24 bits per heavy atom. The van der Waals surface area contributed by atoms with Crippen molar-refractivity contribution < 1.29 is 9.15 Å². The fourth-order valence-electron chi connectivity index (χ4n) is 1.44. The number of ether oxygens (including phenoxy) is 1. The number of hydrogen-bond donors (Lipinski definition) is 1. The van der Waals surface area contributed by atoms with Crippen molar-refractivity contribution in [2.24, 2.45) is 5.73 Å². The molecular formula is C13H16N2O2. The van der Waals surface area contributed by atoms with Crippen LogP contribution in [0.1, 0.15) is 19.6 Å². The molecule has 0 saturated carbocycles. The zero-order valence-corrected chi connectivity index (χ0v) is 10.2. The van der Waals surface area contributed by atoms with E-state index in [0.29, 0.717) is 11.7 Å². The lowest BCUT2D eigenvalue weighted by molar-refractivity contribution is 0.400. The lowest BCUT2D eigenvalue weighted by Gasteiger charge is -2.13. The van der Waals surface area contributed by atoms with E-state index in [4.69, 9.17) is 14.9 Å². The number of nitrogens with two attached hydrogens (primary N) is 1. The molecule has 90 valence electrons. The molecular weight excluding hydrogens is 216 g/mol. The second-order valence-corrected chi connectivity index (χ2v) is 4.48. The number of rotatable bonds is 3. The normalized spacial score (nSPS) is 11.5. The van der Waals surface area contributed by atoms with Crippen LogP contribution in [0.25, 0.3) is 11.5 Å². The van der Waals surface area contributed by atoms with E-state index in [-0.39, 0.29) is 0 Å². The van der Waals surface area contributed by atoms with Crippen LogP contribution in [0.4, 0.5) is 0 Å². The summed E-state index contributed by atoms with van der Waals surface area (Å²) < 4.78 is 10.7. The quantitative estimate of drug-likeness (QED) is 0.883. The van der Waals surface area contributed by atoms with Crippen molar-refractivity contribution >= 4 is 0 Å². The molecule has 2 N–H and O–H groups in total. The van der Waals surface area contributed by atoms with Gasteiger partial charge in [0.05, 0.1) is 18.8 Å². The zero-order valence-electron chi connectivity index (χ0n) is 10.2. The average Bonchev–Trinajstić information content (AvgIpc) is 2.78. The Balaban J connectivity index is 2.30. The highest BCUT2D eigenvalue weighted by molar-refractivity contribution is 5.54. The number of oxazole rings is 1. The van der Waals surface area contributed by atoms with Gasteiger partial charge in [0, 0.05) is 5.56 Å². The highest BCUT2D eigenvalue weighted by Gasteiger charge is 2.20. The van der Waals surface area contributed by atoms with E-state index in [9.17, 15) is 0 Å². The molecule has 0 aliphatic rings. The van der Waals surface area contributed by atoms with Crippen molar-refractivity contribution in [1.82, 2.24) is 4.98 Å². The van der Waals surface area contributed by atoms with Crippen LogP contribution in [0.5, 0.6) is 5.75 Å². The molecule has 0 bridgehead atoms. The van der Waals surface area contributed by atoms with Crippen LogP contribution < -0.4 is 10.5 Å². The molecule has 17 heavy (non-hydrogen) atoms. The summed E-state index contributed by atoms with van der Waals surface area (Å²) in [6, 6.07) is 7.54. The molecule has 0 spiro atoms. The molecule has 4 heteroatoms. The van der Waals surface area contributed by atoms with Gasteiger partial charge >= 0.3 is 0 Å². The van der Waals surface area contributed by atoms with Gasteiger partial charge in [0.2, 0.25) is 5.89 Å². The first-order valence-electron chi connectivity index (χ1n) is 5.40. The van der Waals surface area contributed by atoms with Gasteiger partial charge in [-0.15, -0.1) is 0 Å². The molecule has 0 unspecified atom stereocenters. The number of nitrogens with zero attached hydrogens (tertiary/aromatic N) is 1. The molecule has 2 aromatic rings. The van der Waals surface area contributed by atoms with Gasteiger partial charge in [0.15, 0.2) is 0 Å². The fourth-order valence-corrected chi connectivity index (χ4v) is 1.44. The van der Waals surface area contributed by atoms with E-state index in [1.165, 1.54) is 0 Å². The highest BCUT2D eigenvalue weighted by atomic mass is 16.5. The fraction of sp³-hybridized carbons (Fsp3) is 0.308. The predicted octanol–water partition coefficient (Wildman–Crippen LogP) is 2.54. The van der Waals surface area contributed by atoms with E-state index >= 15 is 0 Å². The smallest absolute Gasteiger partial charge is 0.226 e. The summed E-state index contributed by atoms with van der Waals surface area (Å²) in [5.41, 5.74) is 6.33. The average molecular weight is 232 g/mol. The van der Waals surface area contributed by atoms with Crippen LogP contribution in [-0.2, 0) is 5.54 Å². The minimum Gasteiger partial charge on any atom is -0.497 e. The van der Waals surface area contributed by atoms with E-state index < -0.39 is 5.54 Å². The summed E-state index contributed by atoms with van der Waals surface area (Å²) in [5.74, 6) is 2.05. The molecule has 0 aliphatic carbocycles. The Morgan fingerprint density at radius 2 is 1.88 bits per heavy atom. The maximum Gasteiger partial charge on any atom is 0.226 e. The van der Waals surface area contributed by atoms with Crippen LogP contribution >= 0.6 is 0 Å². The minimum atomic E-state index is -0.516. The standard InChI is InChI=1S/C13H16N2O2/c1-13(2,14)11-8-15-12(17-11)9-4-6-10(16-3)7-5-9/h4-8H,14H2,1-3H3. The summed E-state index contributed by atoms with van der Waals surface area (Å²) in [4.78, 5) is 4.22. The predicted molar refractivity (Wildman–Crippen MR) is 65.7 cm³/mol. The monoisotopic (exact) mass is 232 g/mol. The minimum absolute atomic E-state index is 0.516. The van der Waals surface area contributed by atoms with Crippen LogP contribution in [0, 0.1) is 0 Å². The van der Waals surface area contributed by atoms with Crippen molar-refractivity contribution in [3.8, 4) is 17.2 Å². The first kappa shape index (κ1) is 11.7. The molecule has 0 aliphatic heterocycles. The van der Waals surface area contributed by atoms with E-state index in [2.05, 4.69) is 4.98 Å². The third-order valence-corrected chi connectivity index (χ3v) is 2.48. The maximum absolute atomic E-state index is 5.94. The Morgan fingerprint density at radius 3 is 2.35 bits per heavy atom. The number of methoxy groups -OCH3 is 1. The third kappa shape index (κ3) is 2.47. The summed E-state index contributed by atoms with van der Waals surface area (Å²) in [7, 11) is 1.63. The lowest BCUT2D eigenvalue weighted by atomic mass is 10.1. The van der Waals surface area contributed by atoms with Crippen LogP contribution in [-0.4, -0.2) is 12.1 Å². The Hall–Kier alpha value is -1.81. The second kappa shape index (κ2) is 4.22. The number of aromatic nitrogens is 1. The summed E-state index contributed by atoms with van der Waals surface area (Å²) in [6.45, 7) is 3.76. The Labute approximate surface area is 100 Å². The highest BCUT2D eigenvalue weighted by Crippen LogP contribution is 2.25. The second-order valence-electron chi connectivity index (χ2n) is 4.48. The summed E-state index contributed by atoms with van der Waals surface area (Å²) in [5, 5.41) is 0. The lowest BCUT2D eigenvalue weighted by Crippen LogP contribution is -2.27. The molecule has 0 fully saturated rings. The molecule has 4 nitrogen and oxygen atoms in total. The van der Waals surface area contributed by atoms with Gasteiger partial charge in [-0.25, -0.2) is 4.98 Å². The van der Waals surface area contributed by atoms with Gasteiger partial charge in [-0.05, 0) is 38.1 Å². The van der Waals surface area contributed by atoms with Gasteiger partial charge < -0.3 is 14.9 Å². The van der Waals surface area contributed by atoms with Gasteiger partial charge in [-0.2, -0.15) is 0 Å². The van der Waals surface area contributed by atoms with Crippen molar-refractivity contribution in [1.29, 1.82) is 0 Å². The Bertz CT molecular complexity index is 495. The molecule has 1 aromatic carbocycles. The van der Waals surface area contributed by atoms with E-state index in [1.54, 1.807) is 13.3 Å². The molecule has 0 atom stereocenters. The molecule has 0 radical (unpaired) electrons. The van der Waals surface area contributed by atoms with Gasteiger partial charge in [0.1, 0.15) is 11.5 Å². The molecule has 0 amide bonds. The van der Waals surface area contributed by atoms with Crippen molar-refractivity contribution in [2.75, 3.05) is 7.11 Å².